The highest BCUT2D eigenvalue weighted by atomic mass is 19.4. The second-order valence-corrected chi connectivity index (χ2v) is 8.70. The molecule has 3 aliphatic rings. The molecule has 3 fully saturated rings. The molecular formula is C23H30F3N3O6. The van der Waals surface area contributed by atoms with Gasteiger partial charge < -0.3 is 24.4 Å². The first-order chi connectivity index (χ1) is 16.6. The molecule has 0 aromatic heterocycles. The molecule has 3 saturated heterocycles. The molecule has 3 amide bonds. The summed E-state index contributed by atoms with van der Waals surface area (Å²) in [4.78, 5) is 40.0. The van der Waals surface area contributed by atoms with Crippen LogP contribution in [-0.4, -0.2) is 84.6 Å². The van der Waals surface area contributed by atoms with E-state index in [9.17, 15) is 22.8 Å². The van der Waals surface area contributed by atoms with Crippen LogP contribution in [-0.2, 0) is 14.3 Å². The number of hydrogen-bond donors (Lipinski definition) is 1. The normalized spacial score (nSPS) is 21.1. The molecule has 4 rings (SSSR count). The van der Waals surface area contributed by atoms with Crippen LogP contribution in [0.2, 0.25) is 0 Å². The first kappa shape index (κ1) is 26.7. The van der Waals surface area contributed by atoms with Crippen molar-refractivity contribution >= 4 is 24.1 Å². The number of rotatable bonds is 5. The number of piperidine rings is 1. The van der Waals surface area contributed by atoms with Gasteiger partial charge in [0.2, 0.25) is 0 Å². The molecule has 0 atom stereocenters. The molecule has 35 heavy (non-hydrogen) atoms. The summed E-state index contributed by atoms with van der Waals surface area (Å²) in [5, 5.41) is 6.89. The van der Waals surface area contributed by atoms with Gasteiger partial charge >= 0.3 is 12.4 Å². The number of ether oxygens (including phenoxy) is 2. The lowest BCUT2D eigenvalue weighted by atomic mass is 9.85. The summed E-state index contributed by atoms with van der Waals surface area (Å²) in [6.45, 7) is 5.97. The molecule has 0 saturated carbocycles. The average molecular weight is 502 g/mol. The van der Waals surface area contributed by atoms with E-state index < -0.39 is 23.7 Å². The van der Waals surface area contributed by atoms with E-state index in [2.05, 4.69) is 9.64 Å². The van der Waals surface area contributed by atoms with Gasteiger partial charge in [-0.25, -0.2) is 9.69 Å². The van der Waals surface area contributed by atoms with E-state index in [0.29, 0.717) is 25.3 Å². The monoisotopic (exact) mass is 501 g/mol. The zero-order valence-electron chi connectivity index (χ0n) is 19.5. The molecule has 194 valence electrons. The molecule has 9 nitrogen and oxygen atoms in total. The maximum atomic E-state index is 13.5. The Balaban J connectivity index is 0.00000108. The zero-order valence-corrected chi connectivity index (χ0v) is 19.5. The van der Waals surface area contributed by atoms with Gasteiger partial charge in [0.15, 0.2) is 0 Å². The number of anilines is 1. The van der Waals surface area contributed by atoms with Crippen molar-refractivity contribution in [1.82, 2.24) is 9.80 Å². The van der Waals surface area contributed by atoms with Gasteiger partial charge in [0, 0.05) is 39.4 Å². The molecule has 3 aliphatic heterocycles. The van der Waals surface area contributed by atoms with Crippen LogP contribution in [0, 0.1) is 5.92 Å². The van der Waals surface area contributed by atoms with Crippen molar-refractivity contribution in [3.63, 3.8) is 0 Å². The van der Waals surface area contributed by atoms with Crippen molar-refractivity contribution in [2.24, 2.45) is 5.92 Å². The Morgan fingerprint density at radius 3 is 2.23 bits per heavy atom. The number of likely N-dealkylation sites (N-methyl/N-ethyl adjacent to an activating group) is 1. The van der Waals surface area contributed by atoms with E-state index in [1.54, 1.807) is 4.90 Å². The smallest absolute Gasteiger partial charge is 0.483 e. The minimum atomic E-state index is -4.80. The standard InChI is InChI=1S/C22H28F3N3O4.CH2O2/c1-2-27-20(30)28(17-3-5-18(6-4-17)32-22(23,24)25)19(29)21(27)9-11-26(12-10-21)15-16-7-13-31-14-8-16;2-1-3/h3-6,16H,2,7-15H2,1H3;1H,(H,2,3). The number of carbonyl (C=O) groups excluding carboxylic acids is 2. The minimum Gasteiger partial charge on any atom is -0.483 e. The fourth-order valence-electron chi connectivity index (χ4n) is 5.06. The van der Waals surface area contributed by atoms with Crippen molar-refractivity contribution in [2.45, 2.75) is 44.5 Å². The van der Waals surface area contributed by atoms with Gasteiger partial charge in [0.25, 0.3) is 12.4 Å². The number of benzene rings is 1. The Labute approximate surface area is 201 Å². The van der Waals surface area contributed by atoms with Crippen LogP contribution in [0.5, 0.6) is 5.75 Å². The van der Waals surface area contributed by atoms with Crippen molar-refractivity contribution < 1.29 is 42.1 Å². The van der Waals surface area contributed by atoms with Gasteiger partial charge in [-0.1, -0.05) is 0 Å². The molecular weight excluding hydrogens is 471 g/mol. The third-order valence-corrected chi connectivity index (χ3v) is 6.73. The van der Waals surface area contributed by atoms with Crippen LogP contribution >= 0.6 is 0 Å². The maximum Gasteiger partial charge on any atom is 0.573 e. The molecule has 1 aromatic rings. The van der Waals surface area contributed by atoms with Gasteiger partial charge in [0.05, 0.1) is 5.69 Å². The van der Waals surface area contributed by atoms with Crippen LogP contribution < -0.4 is 9.64 Å². The predicted octanol–water partition coefficient (Wildman–Crippen LogP) is 3.34. The highest BCUT2D eigenvalue weighted by Crippen LogP contribution is 2.40. The van der Waals surface area contributed by atoms with E-state index in [1.165, 1.54) is 12.1 Å². The second-order valence-electron chi connectivity index (χ2n) is 8.70. The number of carbonyl (C=O) groups is 3. The van der Waals surface area contributed by atoms with Crippen LogP contribution in [0.15, 0.2) is 24.3 Å². The molecule has 12 heteroatoms. The van der Waals surface area contributed by atoms with Gasteiger partial charge in [0.1, 0.15) is 11.3 Å². The second kappa shape index (κ2) is 11.3. The number of nitrogens with zero attached hydrogens (tertiary/aromatic N) is 3. The lowest BCUT2D eigenvalue weighted by Gasteiger charge is -2.43. The zero-order chi connectivity index (χ0) is 25.6. The summed E-state index contributed by atoms with van der Waals surface area (Å²) in [7, 11) is 0. The molecule has 0 bridgehead atoms. The summed E-state index contributed by atoms with van der Waals surface area (Å²) >= 11 is 0. The van der Waals surface area contributed by atoms with Crippen molar-refractivity contribution in [1.29, 1.82) is 0 Å². The Kier molecular flexibility index (Phi) is 8.60. The van der Waals surface area contributed by atoms with E-state index in [1.807, 2.05) is 6.92 Å². The first-order valence-corrected chi connectivity index (χ1v) is 11.5. The van der Waals surface area contributed by atoms with E-state index in [0.717, 1.165) is 62.7 Å². The Hall–Kier alpha value is -2.86. The molecule has 1 aromatic carbocycles. The van der Waals surface area contributed by atoms with Crippen molar-refractivity contribution in [3.05, 3.63) is 24.3 Å². The highest BCUT2D eigenvalue weighted by molar-refractivity contribution is 6.23. The number of urea groups is 1. The van der Waals surface area contributed by atoms with E-state index >= 15 is 0 Å². The number of halogens is 3. The van der Waals surface area contributed by atoms with Crippen LogP contribution in [0.3, 0.4) is 0 Å². The maximum absolute atomic E-state index is 13.5. The molecule has 0 radical (unpaired) electrons. The van der Waals surface area contributed by atoms with Gasteiger partial charge in [-0.15, -0.1) is 13.2 Å². The van der Waals surface area contributed by atoms with Crippen molar-refractivity contribution in [3.8, 4) is 5.75 Å². The predicted molar refractivity (Wildman–Crippen MR) is 119 cm³/mol. The Morgan fingerprint density at radius 1 is 1.14 bits per heavy atom. The van der Waals surface area contributed by atoms with Crippen LogP contribution in [0.4, 0.5) is 23.7 Å². The first-order valence-electron chi connectivity index (χ1n) is 11.5. The summed E-state index contributed by atoms with van der Waals surface area (Å²) < 4.78 is 46.6. The lowest BCUT2D eigenvalue weighted by molar-refractivity contribution is -0.274. The average Bonchev–Trinajstić information content (AvgIpc) is 3.02. The largest absolute Gasteiger partial charge is 0.573 e. The van der Waals surface area contributed by atoms with Gasteiger partial charge in [-0.2, -0.15) is 0 Å². The third-order valence-electron chi connectivity index (χ3n) is 6.73. The third kappa shape index (κ3) is 6.04. The van der Waals surface area contributed by atoms with Crippen LogP contribution in [0.25, 0.3) is 0 Å². The number of hydrogen-bond acceptors (Lipinski definition) is 6. The number of likely N-dealkylation sites (tertiary alicyclic amines) is 1. The van der Waals surface area contributed by atoms with Crippen LogP contribution in [0.1, 0.15) is 32.6 Å². The molecule has 0 unspecified atom stereocenters. The quantitative estimate of drug-likeness (QED) is 0.488. The summed E-state index contributed by atoms with van der Waals surface area (Å²) in [5.74, 6) is -0.113. The summed E-state index contributed by atoms with van der Waals surface area (Å²) in [6.07, 6.45) is -1.63. The fraction of sp³-hybridized carbons (Fsp3) is 0.609. The summed E-state index contributed by atoms with van der Waals surface area (Å²) in [5.41, 5.74) is -0.659. The minimum absolute atomic E-state index is 0.245. The Bertz CT molecular complexity index is 881. The van der Waals surface area contributed by atoms with E-state index in [-0.39, 0.29) is 18.1 Å². The van der Waals surface area contributed by atoms with Crippen molar-refractivity contribution in [2.75, 3.05) is 44.3 Å². The Morgan fingerprint density at radius 2 is 1.71 bits per heavy atom. The van der Waals surface area contributed by atoms with Gasteiger partial charge in [-0.05, 0) is 62.8 Å². The fourth-order valence-corrected chi connectivity index (χ4v) is 5.06. The highest BCUT2D eigenvalue weighted by Gasteiger charge is 2.57. The number of alkyl halides is 3. The number of carboxylic acid groups (broad SMARTS) is 1. The molecule has 0 aliphatic carbocycles. The lowest BCUT2D eigenvalue weighted by Crippen LogP contribution is -2.57. The van der Waals surface area contributed by atoms with E-state index in [4.69, 9.17) is 14.6 Å². The SMILES string of the molecule is CCN1C(=O)N(c2ccc(OC(F)(F)F)cc2)C(=O)C12CCN(CC1CCOCC1)CC2.O=CO. The topological polar surface area (TPSA) is 99.6 Å². The number of amides is 3. The number of imide groups is 1. The van der Waals surface area contributed by atoms with Gasteiger partial charge in [-0.3, -0.25) is 9.59 Å². The molecule has 1 spiro atoms. The molecule has 1 N–H and O–H groups in total. The summed E-state index contributed by atoms with van der Waals surface area (Å²) in [6, 6.07) is 4.41. The molecule has 3 heterocycles.